The van der Waals surface area contributed by atoms with E-state index in [4.69, 9.17) is 4.43 Å². The SMILES string of the molecule is CN(C)CC[N]([AlH2])CCCO[Si](C)(C)C. The molecule has 0 aliphatic heterocycles. The Balaban J connectivity index is 3.35. The van der Waals surface area contributed by atoms with E-state index in [1.165, 1.54) is 26.1 Å². The zero-order chi connectivity index (χ0) is 11.9. The topological polar surface area (TPSA) is 15.7 Å². The number of likely N-dealkylation sites (N-methyl/N-ethyl adjacent to an activating group) is 1. The van der Waals surface area contributed by atoms with E-state index in [9.17, 15) is 0 Å². The molecule has 0 heterocycles. The van der Waals surface area contributed by atoms with Crippen molar-refractivity contribution >= 4 is 24.8 Å². The van der Waals surface area contributed by atoms with Gasteiger partial charge in [-0.3, -0.25) is 0 Å². The van der Waals surface area contributed by atoms with Gasteiger partial charge in [0.25, 0.3) is 0 Å². The van der Waals surface area contributed by atoms with Gasteiger partial charge in [-0.05, 0) is 53.2 Å². The molecule has 15 heavy (non-hydrogen) atoms. The van der Waals surface area contributed by atoms with Crippen molar-refractivity contribution in [1.29, 1.82) is 0 Å². The Morgan fingerprint density at radius 2 is 1.67 bits per heavy atom. The van der Waals surface area contributed by atoms with Crippen molar-refractivity contribution in [3.63, 3.8) is 0 Å². The van der Waals surface area contributed by atoms with Crippen molar-refractivity contribution in [1.82, 2.24) is 8.78 Å². The molecule has 0 rings (SSSR count). The highest BCUT2D eigenvalue weighted by Crippen LogP contribution is 2.02. The molecule has 0 aliphatic carbocycles. The molecule has 3 nitrogen and oxygen atoms in total. The quantitative estimate of drug-likeness (QED) is 0.462. The Kier molecular flexibility index (Phi) is 8.16. The molecule has 5 heteroatoms. The van der Waals surface area contributed by atoms with E-state index in [2.05, 4.69) is 42.5 Å². The molecule has 0 aromatic rings. The Bertz CT molecular complexity index is 162. The number of hydrogen-bond donors (Lipinski definition) is 0. The van der Waals surface area contributed by atoms with Gasteiger partial charge in [-0.25, -0.2) is 0 Å². The van der Waals surface area contributed by atoms with Gasteiger partial charge in [0.2, 0.25) is 0 Å². The molecule has 0 radical (unpaired) electrons. The lowest BCUT2D eigenvalue weighted by Crippen LogP contribution is -2.32. The molecular weight excluding hydrogens is 219 g/mol. The third-order valence-electron chi connectivity index (χ3n) is 2.15. The molecule has 0 aliphatic rings. The lowest BCUT2D eigenvalue weighted by atomic mass is 10.4. The number of nitrogens with zero attached hydrogens (tertiary/aromatic N) is 2. The molecule has 0 bridgehead atoms. The van der Waals surface area contributed by atoms with Crippen molar-refractivity contribution in [2.45, 2.75) is 26.1 Å². The van der Waals surface area contributed by atoms with E-state index >= 15 is 0 Å². The summed E-state index contributed by atoms with van der Waals surface area (Å²) in [6.07, 6.45) is 1.18. The molecule has 0 aromatic carbocycles. The second kappa shape index (κ2) is 7.83. The van der Waals surface area contributed by atoms with E-state index in [0.717, 1.165) is 23.1 Å². The highest BCUT2D eigenvalue weighted by atomic mass is 28.4. The van der Waals surface area contributed by atoms with Crippen LogP contribution in [0.25, 0.3) is 0 Å². The summed E-state index contributed by atoms with van der Waals surface area (Å²) < 4.78 is 8.33. The maximum Gasteiger partial charge on any atom is 0.321 e. The standard InChI is InChI=1S/C10H25N2OSi.Al.2H/c1-12(2)9-8-11-7-6-10-13-14(3,4)5;;;/h6-10H2,1-5H3;;;/q-1;+1;;. The van der Waals surface area contributed by atoms with Crippen LogP contribution in [0.4, 0.5) is 0 Å². The second-order valence-corrected chi connectivity index (χ2v) is 11.2. The summed E-state index contributed by atoms with van der Waals surface area (Å²) in [6.45, 7) is 11.2. The van der Waals surface area contributed by atoms with Gasteiger partial charge in [-0.15, -0.1) is 0 Å². The van der Waals surface area contributed by atoms with E-state index in [1.54, 1.807) is 0 Å². The third kappa shape index (κ3) is 12.6. The minimum atomic E-state index is -1.28. The molecule has 0 saturated carbocycles. The first-order valence-corrected chi connectivity index (χ1v) is 10.1. The molecule has 0 saturated heterocycles. The van der Waals surface area contributed by atoms with Crippen molar-refractivity contribution in [3.8, 4) is 0 Å². The van der Waals surface area contributed by atoms with E-state index in [0.29, 0.717) is 0 Å². The molecule has 0 aromatic heterocycles. The normalized spacial score (nSPS) is 12.7. The summed E-state index contributed by atoms with van der Waals surface area (Å²) >= 11 is 1.16. The summed E-state index contributed by atoms with van der Waals surface area (Å²) in [4.78, 5) is 2.24. The van der Waals surface area contributed by atoms with E-state index in [1.807, 2.05) is 0 Å². The zero-order valence-corrected chi connectivity index (χ0v) is 14.3. The van der Waals surface area contributed by atoms with Gasteiger partial charge in [0, 0.05) is 13.2 Å². The third-order valence-corrected chi connectivity index (χ3v) is 4.11. The van der Waals surface area contributed by atoms with Crippen LogP contribution in [0.15, 0.2) is 0 Å². The monoisotopic (exact) mass is 246 g/mol. The summed E-state index contributed by atoms with van der Waals surface area (Å²) in [5.74, 6) is 0. The second-order valence-electron chi connectivity index (χ2n) is 5.42. The van der Waals surface area contributed by atoms with Crippen LogP contribution in [0.5, 0.6) is 0 Å². The van der Waals surface area contributed by atoms with Crippen LogP contribution in [0.2, 0.25) is 19.6 Å². The molecule has 0 atom stereocenters. The number of rotatable bonds is 8. The Labute approximate surface area is 105 Å². The highest BCUT2D eigenvalue weighted by Gasteiger charge is 2.13. The van der Waals surface area contributed by atoms with Crippen LogP contribution in [0, 0.1) is 0 Å². The van der Waals surface area contributed by atoms with Gasteiger partial charge >= 0.3 is 16.5 Å². The lowest BCUT2D eigenvalue weighted by molar-refractivity contribution is 0.277. The maximum atomic E-state index is 5.82. The molecule has 0 N–H and O–H groups in total. The van der Waals surface area contributed by atoms with E-state index in [-0.39, 0.29) is 0 Å². The molecular formula is C10H27AlN2OSi. The Morgan fingerprint density at radius 3 is 2.13 bits per heavy atom. The van der Waals surface area contributed by atoms with Crippen molar-refractivity contribution in [2.75, 3.05) is 40.3 Å². The van der Waals surface area contributed by atoms with Crippen LogP contribution in [-0.4, -0.2) is 73.9 Å². The minimum Gasteiger partial charge on any atom is -0.418 e. The fourth-order valence-corrected chi connectivity index (χ4v) is 2.47. The Hall–Kier alpha value is 0.629. The van der Waals surface area contributed by atoms with E-state index < -0.39 is 8.32 Å². The first-order valence-electron chi connectivity index (χ1n) is 5.78. The van der Waals surface area contributed by atoms with Crippen LogP contribution < -0.4 is 0 Å². The molecule has 0 amide bonds. The Morgan fingerprint density at radius 1 is 1.07 bits per heavy atom. The molecule has 0 fully saturated rings. The minimum absolute atomic E-state index is 0.941. The summed E-state index contributed by atoms with van der Waals surface area (Å²) in [7, 11) is 2.98. The lowest BCUT2D eigenvalue weighted by Gasteiger charge is -2.22. The van der Waals surface area contributed by atoms with Gasteiger partial charge in [-0.2, -0.15) is 0 Å². The van der Waals surface area contributed by atoms with Crippen molar-refractivity contribution in [2.24, 2.45) is 0 Å². The first-order chi connectivity index (χ1) is 6.81. The van der Waals surface area contributed by atoms with Gasteiger partial charge < -0.3 is 13.2 Å². The van der Waals surface area contributed by atoms with Crippen LogP contribution in [0.1, 0.15) is 6.42 Å². The fraction of sp³-hybridized carbons (Fsp3) is 1.00. The largest absolute Gasteiger partial charge is 0.418 e. The maximum absolute atomic E-state index is 5.82. The first kappa shape index (κ1) is 15.6. The molecule has 90 valence electrons. The summed E-state index contributed by atoms with van der Waals surface area (Å²) in [6, 6.07) is 0. The van der Waals surface area contributed by atoms with Crippen LogP contribution >= 0.6 is 0 Å². The van der Waals surface area contributed by atoms with Gasteiger partial charge in [-0.1, -0.05) is 0 Å². The summed E-state index contributed by atoms with van der Waals surface area (Å²) in [5, 5.41) is 0. The van der Waals surface area contributed by atoms with Gasteiger partial charge in [0.05, 0.1) is 0 Å². The highest BCUT2D eigenvalue weighted by molar-refractivity contribution is 6.69. The van der Waals surface area contributed by atoms with Gasteiger partial charge in [0.1, 0.15) is 0 Å². The van der Waals surface area contributed by atoms with Crippen molar-refractivity contribution < 1.29 is 4.43 Å². The fourth-order valence-electron chi connectivity index (χ4n) is 1.20. The molecule has 0 spiro atoms. The number of hydrogen-bond acceptors (Lipinski definition) is 3. The average molecular weight is 246 g/mol. The zero-order valence-electron chi connectivity index (χ0n) is 11.3. The van der Waals surface area contributed by atoms with Gasteiger partial charge in [0.15, 0.2) is 8.32 Å². The van der Waals surface area contributed by atoms with Crippen LogP contribution in [-0.2, 0) is 4.43 Å². The smallest absolute Gasteiger partial charge is 0.321 e. The predicted octanol–water partition coefficient (Wildman–Crippen LogP) is 0.640. The van der Waals surface area contributed by atoms with Crippen molar-refractivity contribution in [3.05, 3.63) is 0 Å². The summed E-state index contributed by atoms with van der Waals surface area (Å²) in [5.41, 5.74) is 0. The van der Waals surface area contributed by atoms with Crippen LogP contribution in [0.3, 0.4) is 0 Å². The average Bonchev–Trinajstić information content (AvgIpc) is 2.07. The molecule has 0 unspecified atom stereocenters. The predicted molar refractivity (Wildman–Crippen MR) is 72.6 cm³/mol.